The summed E-state index contributed by atoms with van der Waals surface area (Å²) in [6.45, 7) is 8.65. The third-order valence-corrected chi connectivity index (χ3v) is 4.17. The van der Waals surface area contributed by atoms with Crippen molar-refractivity contribution >= 4 is 22.4 Å². The summed E-state index contributed by atoms with van der Waals surface area (Å²) in [5.74, 6) is 0. The van der Waals surface area contributed by atoms with E-state index in [0.29, 0.717) is 5.15 Å². The Labute approximate surface area is 137 Å². The molecule has 0 saturated heterocycles. The van der Waals surface area contributed by atoms with E-state index in [0.717, 1.165) is 11.1 Å². The number of hydrogen-bond acceptors (Lipinski definition) is 1. The highest BCUT2D eigenvalue weighted by molar-refractivity contribution is 6.34. The van der Waals surface area contributed by atoms with Crippen molar-refractivity contribution in [3.05, 3.63) is 64.9 Å². The van der Waals surface area contributed by atoms with Crippen molar-refractivity contribution in [2.45, 2.75) is 33.1 Å². The van der Waals surface area contributed by atoms with Crippen LogP contribution in [0.2, 0.25) is 5.15 Å². The van der Waals surface area contributed by atoms with Crippen LogP contribution >= 0.6 is 11.6 Å². The number of pyridine rings is 1. The number of nitrogens with zero attached hydrogens (tertiary/aromatic N) is 1. The molecule has 0 radical (unpaired) electrons. The number of hydrogen-bond donors (Lipinski definition) is 0. The van der Waals surface area contributed by atoms with Crippen LogP contribution in [0, 0.1) is 6.92 Å². The van der Waals surface area contributed by atoms with Gasteiger partial charge in [0.1, 0.15) is 5.15 Å². The number of halogens is 1. The van der Waals surface area contributed by atoms with Crippen molar-refractivity contribution in [1.29, 1.82) is 0 Å². The van der Waals surface area contributed by atoms with E-state index < -0.39 is 0 Å². The molecule has 112 valence electrons. The van der Waals surface area contributed by atoms with Gasteiger partial charge in [0.2, 0.25) is 0 Å². The third kappa shape index (κ3) is 2.62. The second-order valence-electron chi connectivity index (χ2n) is 6.79. The van der Waals surface area contributed by atoms with Crippen molar-refractivity contribution < 1.29 is 0 Å². The summed E-state index contributed by atoms with van der Waals surface area (Å²) in [6.07, 6.45) is 0. The molecule has 0 spiro atoms. The van der Waals surface area contributed by atoms with Gasteiger partial charge in [-0.1, -0.05) is 86.5 Å². The molecule has 0 unspecified atom stereocenters. The first-order chi connectivity index (χ1) is 10.4. The SMILES string of the molecule is Cc1ccc2c(Cl)nc(C(C)(C)C)c(-c3ccccc3)c2c1. The average Bonchev–Trinajstić information content (AvgIpc) is 2.46. The smallest absolute Gasteiger partial charge is 0.137 e. The van der Waals surface area contributed by atoms with Crippen LogP contribution in [0.15, 0.2) is 48.5 Å². The first kappa shape index (κ1) is 15.1. The largest absolute Gasteiger partial charge is 0.239 e. The van der Waals surface area contributed by atoms with E-state index >= 15 is 0 Å². The molecule has 1 heterocycles. The maximum absolute atomic E-state index is 6.47. The van der Waals surface area contributed by atoms with Crippen LogP contribution in [-0.2, 0) is 5.41 Å². The molecule has 0 aliphatic rings. The van der Waals surface area contributed by atoms with Crippen LogP contribution in [0.4, 0.5) is 0 Å². The Morgan fingerprint density at radius 1 is 0.909 bits per heavy atom. The maximum atomic E-state index is 6.47. The lowest BCUT2D eigenvalue weighted by Crippen LogP contribution is -2.16. The Hall–Kier alpha value is -1.86. The molecular formula is C20H20ClN. The van der Waals surface area contributed by atoms with Gasteiger partial charge in [-0.3, -0.25) is 0 Å². The van der Waals surface area contributed by atoms with Gasteiger partial charge in [-0.05, 0) is 17.9 Å². The third-order valence-electron chi connectivity index (χ3n) is 3.89. The minimum atomic E-state index is -0.0766. The summed E-state index contributed by atoms with van der Waals surface area (Å²) < 4.78 is 0. The molecule has 1 nitrogen and oxygen atoms in total. The Balaban J connectivity index is 2.49. The van der Waals surface area contributed by atoms with Gasteiger partial charge in [0, 0.05) is 16.4 Å². The molecule has 2 aromatic carbocycles. The lowest BCUT2D eigenvalue weighted by atomic mass is 9.84. The number of fused-ring (bicyclic) bond motifs is 1. The van der Waals surface area contributed by atoms with Crippen LogP contribution in [0.3, 0.4) is 0 Å². The lowest BCUT2D eigenvalue weighted by molar-refractivity contribution is 0.572. The van der Waals surface area contributed by atoms with Crippen LogP contribution < -0.4 is 0 Å². The Kier molecular flexibility index (Phi) is 3.70. The van der Waals surface area contributed by atoms with Gasteiger partial charge in [-0.15, -0.1) is 0 Å². The van der Waals surface area contributed by atoms with E-state index in [4.69, 9.17) is 16.6 Å². The number of benzene rings is 2. The molecule has 0 atom stereocenters. The van der Waals surface area contributed by atoms with Gasteiger partial charge >= 0.3 is 0 Å². The minimum Gasteiger partial charge on any atom is -0.239 e. The summed E-state index contributed by atoms with van der Waals surface area (Å²) in [5.41, 5.74) is 4.57. The van der Waals surface area contributed by atoms with Gasteiger partial charge in [-0.2, -0.15) is 0 Å². The van der Waals surface area contributed by atoms with Crippen molar-refractivity contribution in [3.8, 4) is 11.1 Å². The number of aryl methyl sites for hydroxylation is 1. The topological polar surface area (TPSA) is 12.9 Å². The monoisotopic (exact) mass is 309 g/mol. The quantitative estimate of drug-likeness (QED) is 0.490. The average molecular weight is 310 g/mol. The van der Waals surface area contributed by atoms with Crippen molar-refractivity contribution in [3.63, 3.8) is 0 Å². The lowest BCUT2D eigenvalue weighted by Gasteiger charge is -2.24. The maximum Gasteiger partial charge on any atom is 0.137 e. The van der Waals surface area contributed by atoms with Crippen molar-refractivity contribution in [1.82, 2.24) is 4.98 Å². The zero-order valence-corrected chi connectivity index (χ0v) is 14.2. The first-order valence-corrected chi connectivity index (χ1v) is 7.91. The first-order valence-electron chi connectivity index (χ1n) is 7.53. The van der Waals surface area contributed by atoms with E-state index in [1.54, 1.807) is 0 Å². The van der Waals surface area contributed by atoms with Gasteiger partial charge in [0.25, 0.3) is 0 Å². The summed E-state index contributed by atoms with van der Waals surface area (Å²) in [7, 11) is 0. The van der Waals surface area contributed by atoms with Crippen molar-refractivity contribution in [2.75, 3.05) is 0 Å². The van der Waals surface area contributed by atoms with E-state index in [2.05, 4.69) is 70.2 Å². The van der Waals surface area contributed by atoms with E-state index in [9.17, 15) is 0 Å². The highest BCUT2D eigenvalue weighted by Gasteiger charge is 2.24. The van der Waals surface area contributed by atoms with E-state index in [1.807, 2.05) is 6.07 Å². The molecule has 0 aliphatic carbocycles. The molecule has 22 heavy (non-hydrogen) atoms. The fourth-order valence-electron chi connectivity index (χ4n) is 2.83. The summed E-state index contributed by atoms with van der Waals surface area (Å²) in [6, 6.07) is 16.8. The number of aromatic nitrogens is 1. The van der Waals surface area contributed by atoms with Gasteiger partial charge in [0.05, 0.1) is 5.69 Å². The summed E-state index contributed by atoms with van der Waals surface area (Å²) in [4.78, 5) is 4.74. The molecule has 0 amide bonds. The fourth-order valence-corrected chi connectivity index (χ4v) is 3.08. The van der Waals surface area contributed by atoms with Gasteiger partial charge in [0.15, 0.2) is 0 Å². The van der Waals surface area contributed by atoms with Crippen LogP contribution in [0.1, 0.15) is 32.0 Å². The minimum absolute atomic E-state index is 0.0766. The van der Waals surface area contributed by atoms with Gasteiger partial charge in [-0.25, -0.2) is 4.98 Å². The second kappa shape index (κ2) is 5.40. The summed E-state index contributed by atoms with van der Waals surface area (Å²) >= 11 is 6.47. The Morgan fingerprint density at radius 3 is 2.23 bits per heavy atom. The zero-order chi connectivity index (χ0) is 15.9. The molecule has 0 N–H and O–H groups in total. The van der Waals surface area contributed by atoms with E-state index in [1.165, 1.54) is 22.1 Å². The predicted molar refractivity (Wildman–Crippen MR) is 95.6 cm³/mol. The molecule has 0 bridgehead atoms. The van der Waals surface area contributed by atoms with Crippen LogP contribution in [0.25, 0.3) is 21.9 Å². The molecule has 0 aliphatic heterocycles. The zero-order valence-electron chi connectivity index (χ0n) is 13.4. The number of rotatable bonds is 1. The molecule has 0 saturated carbocycles. The molecular weight excluding hydrogens is 290 g/mol. The molecule has 1 aromatic heterocycles. The normalized spacial score (nSPS) is 11.9. The standard InChI is InChI=1S/C20H20ClN/c1-13-10-11-15-16(12-13)17(14-8-6-5-7-9-14)18(20(2,3)4)22-19(15)21/h5-12H,1-4H3. The van der Waals surface area contributed by atoms with E-state index in [-0.39, 0.29) is 5.41 Å². The summed E-state index contributed by atoms with van der Waals surface area (Å²) in [5, 5.41) is 2.77. The van der Waals surface area contributed by atoms with Crippen molar-refractivity contribution in [2.24, 2.45) is 0 Å². The Bertz CT molecular complexity index is 830. The second-order valence-corrected chi connectivity index (χ2v) is 7.15. The highest BCUT2D eigenvalue weighted by Crippen LogP contribution is 2.39. The Morgan fingerprint density at radius 2 is 1.59 bits per heavy atom. The van der Waals surface area contributed by atoms with Crippen LogP contribution in [-0.4, -0.2) is 4.98 Å². The highest BCUT2D eigenvalue weighted by atomic mass is 35.5. The van der Waals surface area contributed by atoms with Gasteiger partial charge < -0.3 is 0 Å². The van der Waals surface area contributed by atoms with Crippen LogP contribution in [0.5, 0.6) is 0 Å². The molecule has 0 fully saturated rings. The molecule has 2 heteroatoms. The predicted octanol–water partition coefficient (Wildman–Crippen LogP) is 6.16. The molecule has 3 rings (SSSR count). The fraction of sp³-hybridized carbons (Fsp3) is 0.250. The molecule has 3 aromatic rings.